The summed E-state index contributed by atoms with van der Waals surface area (Å²) in [4.78, 5) is 10.2. The van der Waals surface area contributed by atoms with E-state index in [1.165, 1.54) is 82.7 Å². The lowest BCUT2D eigenvalue weighted by atomic mass is 9.68. The lowest BCUT2D eigenvalue weighted by Gasteiger charge is -2.32. The predicted octanol–water partition coefficient (Wildman–Crippen LogP) is 15.5. The molecule has 0 bridgehead atoms. The smallest absolute Gasteiger partial charge is 0.160 e. The van der Waals surface area contributed by atoms with Gasteiger partial charge in [-0.3, -0.25) is 0 Å². The van der Waals surface area contributed by atoms with E-state index in [4.69, 9.17) is 9.97 Å². The Balaban J connectivity index is 0.921. The van der Waals surface area contributed by atoms with Crippen molar-refractivity contribution in [3.63, 3.8) is 0 Å². The van der Waals surface area contributed by atoms with E-state index >= 15 is 0 Å². The van der Waals surface area contributed by atoms with Gasteiger partial charge < -0.3 is 0 Å². The molecule has 0 N–H and O–H groups in total. The van der Waals surface area contributed by atoms with Crippen LogP contribution in [-0.2, 0) is 5.41 Å². The van der Waals surface area contributed by atoms with Crippen molar-refractivity contribution in [1.82, 2.24) is 9.97 Å². The number of benzene rings is 10. The fraction of sp³-hybridized carbons (Fsp3) is 0.0164. The van der Waals surface area contributed by atoms with Crippen LogP contribution in [0, 0.1) is 0 Å². The Bertz CT molecular complexity index is 3540. The molecular weight excluding hydrogens is 761 g/mol. The van der Waals surface area contributed by atoms with Gasteiger partial charge in [-0.05, 0) is 100 Å². The Morgan fingerprint density at radius 2 is 0.714 bits per heavy atom. The Hall–Kier alpha value is -8.20. The minimum atomic E-state index is -0.444. The Labute approximate surface area is 366 Å². The molecule has 292 valence electrons. The highest BCUT2D eigenvalue weighted by Crippen LogP contribution is 2.65. The Morgan fingerprint density at radius 1 is 0.270 bits per heavy atom. The van der Waals surface area contributed by atoms with Gasteiger partial charge in [0.2, 0.25) is 0 Å². The van der Waals surface area contributed by atoms with Crippen LogP contribution in [0.25, 0.3) is 100.0 Å². The molecule has 11 aromatic rings. The van der Waals surface area contributed by atoms with Gasteiger partial charge >= 0.3 is 0 Å². The molecule has 2 heteroatoms. The molecule has 0 amide bonds. The third-order valence-corrected chi connectivity index (χ3v) is 13.5. The molecule has 13 rings (SSSR count). The van der Waals surface area contributed by atoms with Crippen LogP contribution < -0.4 is 0 Å². The van der Waals surface area contributed by atoms with Crippen molar-refractivity contribution in [2.24, 2.45) is 0 Å². The summed E-state index contributed by atoms with van der Waals surface area (Å²) in [6, 6.07) is 83.9. The van der Waals surface area contributed by atoms with Gasteiger partial charge in [0, 0.05) is 16.7 Å². The minimum Gasteiger partial charge on any atom is -0.228 e. The maximum Gasteiger partial charge on any atom is 0.160 e. The fourth-order valence-electron chi connectivity index (χ4n) is 10.7. The van der Waals surface area contributed by atoms with Crippen molar-refractivity contribution < 1.29 is 0 Å². The van der Waals surface area contributed by atoms with E-state index in [0.717, 1.165) is 33.6 Å². The van der Waals surface area contributed by atoms with Crippen molar-refractivity contribution in [3.8, 4) is 78.4 Å². The van der Waals surface area contributed by atoms with E-state index < -0.39 is 5.41 Å². The van der Waals surface area contributed by atoms with Gasteiger partial charge in [0.05, 0.1) is 16.8 Å². The van der Waals surface area contributed by atoms with E-state index in [1.54, 1.807) is 0 Å². The summed E-state index contributed by atoms with van der Waals surface area (Å²) in [5, 5.41) is 5.11. The van der Waals surface area contributed by atoms with Crippen LogP contribution in [0.3, 0.4) is 0 Å². The van der Waals surface area contributed by atoms with Gasteiger partial charge in [-0.25, -0.2) is 9.97 Å². The van der Waals surface area contributed by atoms with Crippen molar-refractivity contribution in [1.29, 1.82) is 0 Å². The predicted molar refractivity (Wildman–Crippen MR) is 261 cm³/mol. The molecule has 1 spiro atoms. The maximum absolute atomic E-state index is 5.13. The number of aromatic nitrogens is 2. The maximum atomic E-state index is 5.13. The van der Waals surface area contributed by atoms with E-state index in [-0.39, 0.29) is 0 Å². The zero-order valence-corrected chi connectivity index (χ0v) is 34.3. The van der Waals surface area contributed by atoms with Gasteiger partial charge in [-0.1, -0.05) is 218 Å². The first kappa shape index (κ1) is 35.5. The van der Waals surface area contributed by atoms with E-state index in [1.807, 2.05) is 24.3 Å². The standard InChI is InChI=1S/C61H38N2/c1-3-13-39(14-4-1)40-23-27-43(28-24-40)56-38-57(63-60(62-56)45-16-5-2-6-17-45)44-29-25-41(26-30-44)46-32-34-49-47(37-46)33-36-53-52-35-31-42-15-7-8-18-48(42)58(52)61(59(49)53)54-21-11-9-19-50(54)51-20-10-12-22-55(51)61/h1-38H. The molecule has 10 aromatic carbocycles. The van der Waals surface area contributed by atoms with Crippen LogP contribution in [-0.4, -0.2) is 9.97 Å². The van der Waals surface area contributed by atoms with Gasteiger partial charge in [-0.2, -0.15) is 0 Å². The summed E-state index contributed by atoms with van der Waals surface area (Å²) in [6.07, 6.45) is 0. The molecule has 0 unspecified atom stereocenters. The van der Waals surface area contributed by atoms with Gasteiger partial charge in [0.25, 0.3) is 0 Å². The molecule has 0 fully saturated rings. The zero-order chi connectivity index (χ0) is 41.5. The molecule has 0 saturated heterocycles. The molecule has 0 atom stereocenters. The minimum absolute atomic E-state index is 0.444. The van der Waals surface area contributed by atoms with Crippen molar-refractivity contribution >= 4 is 21.5 Å². The Morgan fingerprint density at radius 3 is 1.33 bits per heavy atom. The average molecular weight is 799 g/mol. The van der Waals surface area contributed by atoms with Crippen LogP contribution >= 0.6 is 0 Å². The van der Waals surface area contributed by atoms with E-state index in [9.17, 15) is 0 Å². The second kappa shape index (κ2) is 13.9. The normalized spacial score (nSPS) is 12.9. The second-order valence-corrected chi connectivity index (χ2v) is 16.8. The molecule has 0 aliphatic heterocycles. The van der Waals surface area contributed by atoms with E-state index in [0.29, 0.717) is 5.82 Å². The second-order valence-electron chi connectivity index (χ2n) is 16.8. The number of hydrogen-bond donors (Lipinski definition) is 0. The molecule has 63 heavy (non-hydrogen) atoms. The highest BCUT2D eigenvalue weighted by Gasteiger charge is 2.53. The monoisotopic (exact) mass is 798 g/mol. The number of hydrogen-bond acceptors (Lipinski definition) is 2. The topological polar surface area (TPSA) is 25.8 Å². The molecule has 0 radical (unpaired) electrons. The van der Waals surface area contributed by atoms with Gasteiger partial charge in [0.1, 0.15) is 0 Å². The molecule has 1 aromatic heterocycles. The molecule has 2 aliphatic rings. The van der Waals surface area contributed by atoms with Crippen LogP contribution in [0.5, 0.6) is 0 Å². The highest BCUT2D eigenvalue weighted by molar-refractivity contribution is 6.09. The summed E-state index contributed by atoms with van der Waals surface area (Å²) in [7, 11) is 0. The zero-order valence-electron chi connectivity index (χ0n) is 34.3. The van der Waals surface area contributed by atoms with Gasteiger partial charge in [0.15, 0.2) is 5.82 Å². The van der Waals surface area contributed by atoms with Crippen LogP contribution in [0.1, 0.15) is 22.3 Å². The molecule has 2 nitrogen and oxygen atoms in total. The summed E-state index contributed by atoms with van der Waals surface area (Å²) in [5.41, 5.74) is 19.9. The van der Waals surface area contributed by atoms with Crippen LogP contribution in [0.15, 0.2) is 231 Å². The molecule has 2 aliphatic carbocycles. The average Bonchev–Trinajstić information content (AvgIpc) is 3.84. The summed E-state index contributed by atoms with van der Waals surface area (Å²) >= 11 is 0. The Kier molecular flexibility index (Phi) is 7.85. The summed E-state index contributed by atoms with van der Waals surface area (Å²) in [6.45, 7) is 0. The first-order valence-corrected chi connectivity index (χ1v) is 21.7. The summed E-state index contributed by atoms with van der Waals surface area (Å²) < 4.78 is 0. The van der Waals surface area contributed by atoms with Crippen molar-refractivity contribution in [3.05, 3.63) is 253 Å². The highest BCUT2D eigenvalue weighted by atomic mass is 14.9. The third-order valence-electron chi connectivity index (χ3n) is 13.5. The quantitative estimate of drug-likeness (QED) is 0.173. The largest absolute Gasteiger partial charge is 0.228 e. The van der Waals surface area contributed by atoms with Crippen LogP contribution in [0.2, 0.25) is 0 Å². The lowest BCUT2D eigenvalue weighted by molar-refractivity contribution is 0.809. The molecule has 0 saturated carbocycles. The van der Waals surface area contributed by atoms with Crippen LogP contribution in [0.4, 0.5) is 0 Å². The third kappa shape index (κ3) is 5.38. The first-order valence-electron chi connectivity index (χ1n) is 21.7. The lowest BCUT2D eigenvalue weighted by Crippen LogP contribution is -2.26. The molecule has 1 heterocycles. The van der Waals surface area contributed by atoms with Gasteiger partial charge in [-0.15, -0.1) is 0 Å². The van der Waals surface area contributed by atoms with E-state index in [2.05, 4.69) is 206 Å². The van der Waals surface area contributed by atoms with Crippen molar-refractivity contribution in [2.75, 3.05) is 0 Å². The number of fused-ring (bicyclic) bond motifs is 14. The number of rotatable bonds is 5. The molecular formula is C61H38N2. The van der Waals surface area contributed by atoms with Crippen molar-refractivity contribution in [2.45, 2.75) is 5.41 Å². The first-order chi connectivity index (χ1) is 31.2. The number of nitrogens with zero attached hydrogens (tertiary/aromatic N) is 2. The summed E-state index contributed by atoms with van der Waals surface area (Å²) in [5.74, 6) is 0.710. The SMILES string of the molecule is c1ccc(-c2ccc(-c3cc(-c4ccc(-c5ccc6c7c(ccc6c5)-c5ccc6ccccc6c5C75c6ccccc6-c6ccccc65)cc4)nc(-c4ccccc4)n3)cc2)cc1. The fourth-order valence-corrected chi connectivity index (χ4v) is 10.7.